The molecule has 136 valence electrons. The Hall–Kier alpha value is -1.85. The minimum absolute atomic E-state index is 0.521. The van der Waals surface area contributed by atoms with Crippen molar-refractivity contribution in [3.63, 3.8) is 0 Å². The molecule has 0 bridgehead atoms. The van der Waals surface area contributed by atoms with E-state index in [-0.39, 0.29) is 0 Å². The summed E-state index contributed by atoms with van der Waals surface area (Å²) in [4.78, 5) is 4.72. The number of anilines is 1. The maximum Gasteiger partial charge on any atom is 0.130 e. The van der Waals surface area contributed by atoms with E-state index in [0.29, 0.717) is 6.04 Å². The van der Waals surface area contributed by atoms with Crippen LogP contribution in [-0.2, 0) is 26.6 Å². The molecular formula is C20H31N5. The van der Waals surface area contributed by atoms with Crippen LogP contribution in [0.1, 0.15) is 29.3 Å². The molecule has 1 aromatic heterocycles. The first-order chi connectivity index (χ1) is 12.0. The van der Waals surface area contributed by atoms with Gasteiger partial charge < -0.3 is 10.2 Å². The molecule has 5 heteroatoms. The fourth-order valence-electron chi connectivity index (χ4n) is 3.89. The lowest BCUT2D eigenvalue weighted by Gasteiger charge is -2.34. The van der Waals surface area contributed by atoms with Crippen molar-refractivity contribution in [2.45, 2.75) is 39.4 Å². The molecule has 2 aromatic rings. The van der Waals surface area contributed by atoms with Crippen molar-refractivity contribution in [1.82, 2.24) is 20.0 Å². The third kappa shape index (κ3) is 3.88. The Bertz CT molecular complexity index is 719. The van der Waals surface area contributed by atoms with Gasteiger partial charge in [-0.2, -0.15) is 5.10 Å². The number of nitrogens with zero attached hydrogens (tertiary/aromatic N) is 4. The van der Waals surface area contributed by atoms with Crippen LogP contribution in [0.3, 0.4) is 0 Å². The molecule has 0 saturated heterocycles. The average molecular weight is 342 g/mol. The van der Waals surface area contributed by atoms with Crippen LogP contribution >= 0.6 is 0 Å². The van der Waals surface area contributed by atoms with Gasteiger partial charge >= 0.3 is 0 Å². The Kier molecular flexibility index (Phi) is 5.45. The van der Waals surface area contributed by atoms with Gasteiger partial charge in [0.2, 0.25) is 0 Å². The van der Waals surface area contributed by atoms with Gasteiger partial charge in [0, 0.05) is 58.9 Å². The molecule has 0 spiro atoms. The van der Waals surface area contributed by atoms with Crippen molar-refractivity contribution in [3.8, 4) is 0 Å². The molecule has 1 atom stereocenters. The summed E-state index contributed by atoms with van der Waals surface area (Å²) in [5.41, 5.74) is 5.40. The first-order valence-electron chi connectivity index (χ1n) is 9.18. The largest absolute Gasteiger partial charge is 0.363 e. The minimum atomic E-state index is 0.521. The van der Waals surface area contributed by atoms with Crippen molar-refractivity contribution in [1.29, 1.82) is 0 Å². The molecule has 2 heterocycles. The van der Waals surface area contributed by atoms with Crippen LogP contribution in [0.4, 0.5) is 5.82 Å². The van der Waals surface area contributed by atoms with Crippen LogP contribution in [-0.4, -0.2) is 47.9 Å². The highest BCUT2D eigenvalue weighted by atomic mass is 15.4. The zero-order valence-corrected chi connectivity index (χ0v) is 16.2. The summed E-state index contributed by atoms with van der Waals surface area (Å²) in [6.07, 6.45) is 1.16. The van der Waals surface area contributed by atoms with Crippen molar-refractivity contribution in [2.75, 3.05) is 32.1 Å². The summed E-state index contributed by atoms with van der Waals surface area (Å²) in [7, 11) is 6.17. The van der Waals surface area contributed by atoms with E-state index in [1.54, 1.807) is 0 Å². The van der Waals surface area contributed by atoms with Gasteiger partial charge in [-0.15, -0.1) is 0 Å². The van der Waals surface area contributed by atoms with E-state index in [4.69, 9.17) is 0 Å². The van der Waals surface area contributed by atoms with E-state index in [2.05, 4.69) is 72.4 Å². The second kappa shape index (κ2) is 7.58. The zero-order valence-electron chi connectivity index (χ0n) is 16.2. The van der Waals surface area contributed by atoms with E-state index < -0.39 is 0 Å². The van der Waals surface area contributed by atoms with Crippen LogP contribution in [0, 0.1) is 6.92 Å². The SMILES string of the molecule is Cc1nn(C)c(N(C)C)c1CNC[C@@H](C)N1CCc2ccccc2C1. The normalized spacial score (nSPS) is 15.9. The summed E-state index contributed by atoms with van der Waals surface area (Å²) in [6, 6.07) is 9.36. The average Bonchev–Trinajstić information content (AvgIpc) is 2.88. The van der Waals surface area contributed by atoms with Gasteiger partial charge in [0.25, 0.3) is 0 Å². The number of aryl methyl sites for hydroxylation is 2. The number of nitrogens with one attached hydrogen (secondary N) is 1. The highest BCUT2D eigenvalue weighted by molar-refractivity contribution is 5.48. The van der Waals surface area contributed by atoms with E-state index in [1.165, 1.54) is 22.5 Å². The van der Waals surface area contributed by atoms with Crippen LogP contribution in [0.2, 0.25) is 0 Å². The van der Waals surface area contributed by atoms with Gasteiger partial charge in [-0.3, -0.25) is 9.58 Å². The molecule has 3 rings (SSSR count). The molecule has 0 amide bonds. The summed E-state index contributed by atoms with van der Waals surface area (Å²) in [6.45, 7) is 8.48. The van der Waals surface area contributed by atoms with Crippen LogP contribution < -0.4 is 10.2 Å². The molecule has 1 aromatic carbocycles. The van der Waals surface area contributed by atoms with Gasteiger partial charge in [0.1, 0.15) is 5.82 Å². The Morgan fingerprint density at radius 3 is 2.68 bits per heavy atom. The number of benzene rings is 1. The molecule has 1 N–H and O–H groups in total. The topological polar surface area (TPSA) is 36.3 Å². The van der Waals surface area contributed by atoms with Crippen LogP contribution in [0.15, 0.2) is 24.3 Å². The summed E-state index contributed by atoms with van der Waals surface area (Å²) >= 11 is 0. The van der Waals surface area contributed by atoms with Gasteiger partial charge in [-0.1, -0.05) is 24.3 Å². The van der Waals surface area contributed by atoms with Crippen LogP contribution in [0.25, 0.3) is 0 Å². The van der Waals surface area contributed by atoms with E-state index in [1.807, 2.05) is 11.7 Å². The number of hydrogen-bond acceptors (Lipinski definition) is 4. The lowest BCUT2D eigenvalue weighted by Crippen LogP contribution is -2.43. The summed E-state index contributed by atoms with van der Waals surface area (Å²) in [5.74, 6) is 1.18. The van der Waals surface area contributed by atoms with E-state index in [9.17, 15) is 0 Å². The molecular weight excluding hydrogens is 310 g/mol. The summed E-state index contributed by atoms with van der Waals surface area (Å²) in [5, 5.41) is 8.22. The molecule has 0 aliphatic carbocycles. The maximum atomic E-state index is 4.57. The minimum Gasteiger partial charge on any atom is -0.363 e. The fourth-order valence-corrected chi connectivity index (χ4v) is 3.89. The fraction of sp³-hybridized carbons (Fsp3) is 0.550. The molecule has 0 fully saturated rings. The molecule has 0 radical (unpaired) electrons. The third-order valence-corrected chi connectivity index (χ3v) is 5.26. The van der Waals surface area contributed by atoms with E-state index >= 15 is 0 Å². The second-order valence-corrected chi connectivity index (χ2v) is 7.37. The van der Waals surface area contributed by atoms with Crippen molar-refractivity contribution in [2.24, 2.45) is 7.05 Å². The first kappa shape index (κ1) is 18.0. The van der Waals surface area contributed by atoms with Crippen molar-refractivity contribution < 1.29 is 0 Å². The van der Waals surface area contributed by atoms with Crippen molar-refractivity contribution >= 4 is 5.82 Å². The molecule has 1 aliphatic rings. The summed E-state index contributed by atoms with van der Waals surface area (Å²) < 4.78 is 1.97. The molecule has 0 saturated carbocycles. The van der Waals surface area contributed by atoms with Crippen LogP contribution in [0.5, 0.6) is 0 Å². The quantitative estimate of drug-likeness (QED) is 0.875. The predicted octanol–water partition coefficient (Wildman–Crippen LogP) is 2.33. The van der Waals surface area contributed by atoms with Crippen molar-refractivity contribution in [3.05, 3.63) is 46.6 Å². The lowest BCUT2D eigenvalue weighted by molar-refractivity contribution is 0.186. The number of rotatable bonds is 6. The molecule has 25 heavy (non-hydrogen) atoms. The Morgan fingerprint density at radius 1 is 1.24 bits per heavy atom. The standard InChI is InChI=1S/C20H31N5/c1-15(25-11-10-17-8-6-7-9-18(17)14-25)12-21-13-19-16(2)22-24(5)20(19)23(3)4/h6-9,15,21H,10-14H2,1-5H3/t15-/m1/s1. The number of hydrogen-bond donors (Lipinski definition) is 1. The highest BCUT2D eigenvalue weighted by Gasteiger charge is 2.20. The second-order valence-electron chi connectivity index (χ2n) is 7.37. The Labute approximate surface area is 151 Å². The first-order valence-corrected chi connectivity index (χ1v) is 9.18. The lowest BCUT2D eigenvalue weighted by atomic mass is 9.99. The monoisotopic (exact) mass is 341 g/mol. The van der Waals surface area contributed by atoms with Gasteiger partial charge in [0.05, 0.1) is 5.69 Å². The third-order valence-electron chi connectivity index (χ3n) is 5.26. The van der Waals surface area contributed by atoms with Gasteiger partial charge in [-0.05, 0) is 31.4 Å². The van der Waals surface area contributed by atoms with Gasteiger partial charge in [-0.25, -0.2) is 0 Å². The highest BCUT2D eigenvalue weighted by Crippen LogP contribution is 2.22. The number of fused-ring (bicyclic) bond motifs is 1. The Morgan fingerprint density at radius 2 is 1.96 bits per heavy atom. The molecule has 0 unspecified atom stereocenters. The van der Waals surface area contributed by atoms with E-state index in [0.717, 1.165) is 38.3 Å². The molecule has 1 aliphatic heterocycles. The Balaban J connectivity index is 1.56. The zero-order chi connectivity index (χ0) is 18.0. The smallest absolute Gasteiger partial charge is 0.130 e. The predicted molar refractivity (Wildman–Crippen MR) is 104 cm³/mol. The maximum absolute atomic E-state index is 4.57. The molecule has 5 nitrogen and oxygen atoms in total. The number of aromatic nitrogens is 2. The van der Waals surface area contributed by atoms with Gasteiger partial charge in [0.15, 0.2) is 0 Å².